The van der Waals surface area contributed by atoms with Crippen molar-refractivity contribution in [3.8, 4) is 6.07 Å². The van der Waals surface area contributed by atoms with E-state index >= 15 is 0 Å². The van der Waals surface area contributed by atoms with Gasteiger partial charge in [0, 0.05) is 18.6 Å². The fraction of sp³-hybridized carbons (Fsp3) is 0.636. The van der Waals surface area contributed by atoms with Crippen molar-refractivity contribution in [3.05, 3.63) is 12.2 Å². The van der Waals surface area contributed by atoms with Crippen molar-refractivity contribution in [3.63, 3.8) is 0 Å². The summed E-state index contributed by atoms with van der Waals surface area (Å²) in [6, 6.07) is 2.10. The van der Waals surface area contributed by atoms with Crippen LogP contribution in [0.25, 0.3) is 0 Å². The summed E-state index contributed by atoms with van der Waals surface area (Å²) in [6.07, 6.45) is 9.68. The highest BCUT2D eigenvalue weighted by Crippen LogP contribution is 2.01. The second kappa shape index (κ2) is 10.3. The maximum atomic E-state index is 11.1. The smallest absolute Gasteiger partial charge is 0.156 e. The number of nitriles is 1. The largest absolute Gasteiger partial charge is 0.295 e. The number of hydrogen-bond acceptors (Lipinski definition) is 3. The maximum Gasteiger partial charge on any atom is 0.156 e. The lowest BCUT2D eigenvalue weighted by atomic mass is 10.2. The van der Waals surface area contributed by atoms with Crippen LogP contribution in [-0.2, 0) is 4.79 Å². The topological polar surface area (TPSA) is 40.9 Å². The minimum Gasteiger partial charge on any atom is -0.295 e. The molecule has 14 heavy (non-hydrogen) atoms. The molecule has 0 aromatic rings. The molecule has 78 valence electrons. The molecule has 0 aliphatic carbocycles. The van der Waals surface area contributed by atoms with Crippen LogP contribution in [0.4, 0.5) is 0 Å². The molecule has 0 radical (unpaired) electrons. The highest BCUT2D eigenvalue weighted by atomic mass is 32.2. The van der Waals surface area contributed by atoms with Gasteiger partial charge in [0.1, 0.15) is 0 Å². The van der Waals surface area contributed by atoms with E-state index in [9.17, 15) is 4.79 Å². The van der Waals surface area contributed by atoms with Gasteiger partial charge in [-0.05, 0) is 31.6 Å². The van der Waals surface area contributed by atoms with Crippen molar-refractivity contribution in [2.45, 2.75) is 32.1 Å². The van der Waals surface area contributed by atoms with Crippen molar-refractivity contribution >= 4 is 17.5 Å². The number of carbonyl (C=O) groups is 1. The Kier molecular flexibility index (Phi) is 9.78. The third kappa shape index (κ3) is 9.34. The Morgan fingerprint density at radius 2 is 2.29 bits per heavy atom. The van der Waals surface area contributed by atoms with Crippen LogP contribution in [0.1, 0.15) is 32.1 Å². The summed E-state index contributed by atoms with van der Waals surface area (Å²) in [7, 11) is 0. The van der Waals surface area contributed by atoms with Crippen molar-refractivity contribution < 1.29 is 4.79 Å². The van der Waals surface area contributed by atoms with E-state index in [0.29, 0.717) is 12.8 Å². The summed E-state index contributed by atoms with van der Waals surface area (Å²) in [5, 5.41) is 8.28. The molecule has 0 amide bonds. The first kappa shape index (κ1) is 13.2. The zero-order chi connectivity index (χ0) is 10.6. The summed E-state index contributed by atoms with van der Waals surface area (Å²) in [5.74, 6) is 1.11. The first-order valence-electron chi connectivity index (χ1n) is 4.86. The number of unbranched alkanes of at least 4 members (excludes halogenated alkanes) is 3. The van der Waals surface area contributed by atoms with Crippen molar-refractivity contribution in [1.29, 1.82) is 5.26 Å². The number of allylic oxidation sites excluding steroid dienone is 2. The number of nitrogens with zero attached hydrogens (tertiary/aromatic N) is 1. The highest BCUT2D eigenvalue weighted by Gasteiger charge is 1.94. The molecule has 0 spiro atoms. The van der Waals surface area contributed by atoms with Crippen LogP contribution in [0.3, 0.4) is 0 Å². The second-order valence-electron chi connectivity index (χ2n) is 3.02. The Bertz CT molecular complexity index is 218. The van der Waals surface area contributed by atoms with Gasteiger partial charge in [0.25, 0.3) is 0 Å². The molecular formula is C11H17NOS. The molecule has 0 aromatic carbocycles. The normalized spacial score (nSPS) is 10.3. The predicted molar refractivity (Wildman–Crippen MR) is 61.2 cm³/mol. The van der Waals surface area contributed by atoms with Gasteiger partial charge in [0.05, 0.1) is 6.07 Å². The first-order valence-corrected chi connectivity index (χ1v) is 6.26. The molecule has 0 bridgehead atoms. The molecule has 0 saturated carbocycles. The molecule has 2 nitrogen and oxygen atoms in total. The van der Waals surface area contributed by atoms with Crippen LogP contribution in [0.2, 0.25) is 0 Å². The van der Waals surface area contributed by atoms with Gasteiger partial charge >= 0.3 is 0 Å². The average Bonchev–Trinajstić information content (AvgIpc) is 2.20. The summed E-state index contributed by atoms with van der Waals surface area (Å²) in [4.78, 5) is 11.1. The highest BCUT2D eigenvalue weighted by molar-refractivity contribution is 7.98. The van der Waals surface area contributed by atoms with Crippen molar-refractivity contribution in [1.82, 2.24) is 0 Å². The lowest BCUT2D eigenvalue weighted by Gasteiger charge is -1.92. The van der Waals surface area contributed by atoms with E-state index in [1.54, 1.807) is 17.8 Å². The van der Waals surface area contributed by atoms with Gasteiger partial charge < -0.3 is 0 Å². The zero-order valence-electron chi connectivity index (χ0n) is 8.66. The van der Waals surface area contributed by atoms with Crippen LogP contribution < -0.4 is 0 Å². The van der Waals surface area contributed by atoms with E-state index in [0.717, 1.165) is 25.0 Å². The van der Waals surface area contributed by atoms with Gasteiger partial charge in [-0.15, -0.1) is 0 Å². The monoisotopic (exact) mass is 211 g/mol. The first-order chi connectivity index (χ1) is 6.81. The van der Waals surface area contributed by atoms with E-state index < -0.39 is 0 Å². The zero-order valence-corrected chi connectivity index (χ0v) is 9.48. The van der Waals surface area contributed by atoms with Gasteiger partial charge in [0.15, 0.2) is 5.78 Å². The molecule has 0 aliphatic rings. The lowest BCUT2D eigenvalue weighted by Crippen LogP contribution is -1.93. The van der Waals surface area contributed by atoms with E-state index in [-0.39, 0.29) is 5.78 Å². The Hall–Kier alpha value is -0.750. The lowest BCUT2D eigenvalue weighted by molar-refractivity contribution is -0.114. The van der Waals surface area contributed by atoms with Crippen LogP contribution in [-0.4, -0.2) is 17.8 Å². The molecule has 0 rings (SSSR count). The Balaban J connectivity index is 3.34. The van der Waals surface area contributed by atoms with Crippen molar-refractivity contribution in [2.75, 3.05) is 12.0 Å². The van der Waals surface area contributed by atoms with E-state index in [1.165, 1.54) is 0 Å². The molecule has 0 N–H and O–H groups in total. The number of ketones is 1. The van der Waals surface area contributed by atoms with E-state index in [1.807, 2.05) is 12.3 Å². The summed E-state index contributed by atoms with van der Waals surface area (Å²) in [6.45, 7) is 0. The predicted octanol–water partition coefficient (Wildman–Crippen LogP) is 2.95. The second-order valence-corrected chi connectivity index (χ2v) is 4.00. The SMILES string of the molecule is CSCCC(=O)/C=C/CCCCC#N. The van der Waals surface area contributed by atoms with Gasteiger partial charge in [-0.3, -0.25) is 4.79 Å². The third-order valence-electron chi connectivity index (χ3n) is 1.77. The molecule has 0 fully saturated rings. The fourth-order valence-corrected chi connectivity index (χ4v) is 1.37. The quantitative estimate of drug-likeness (QED) is 0.458. The van der Waals surface area contributed by atoms with Crippen LogP contribution in [0, 0.1) is 11.3 Å². The maximum absolute atomic E-state index is 11.1. The van der Waals surface area contributed by atoms with Gasteiger partial charge in [-0.1, -0.05) is 6.08 Å². The number of thioether (sulfide) groups is 1. The van der Waals surface area contributed by atoms with Crippen molar-refractivity contribution in [2.24, 2.45) is 0 Å². The average molecular weight is 211 g/mol. The molecular weight excluding hydrogens is 194 g/mol. The van der Waals surface area contributed by atoms with E-state index in [2.05, 4.69) is 6.07 Å². The molecule has 0 atom stereocenters. The van der Waals surface area contributed by atoms with Gasteiger partial charge in [-0.2, -0.15) is 17.0 Å². The third-order valence-corrected chi connectivity index (χ3v) is 2.38. The minimum atomic E-state index is 0.208. The molecule has 0 unspecified atom stereocenters. The Morgan fingerprint density at radius 1 is 1.50 bits per heavy atom. The number of rotatable bonds is 8. The Morgan fingerprint density at radius 3 is 2.93 bits per heavy atom. The fourth-order valence-electron chi connectivity index (χ4n) is 0.967. The molecule has 0 aromatic heterocycles. The summed E-state index contributed by atoms with van der Waals surface area (Å²) in [5.41, 5.74) is 0. The van der Waals surface area contributed by atoms with Crippen LogP contribution in [0.15, 0.2) is 12.2 Å². The van der Waals surface area contributed by atoms with E-state index in [4.69, 9.17) is 5.26 Å². The molecule has 3 heteroatoms. The standard InChI is InChI=1S/C11H17NOS/c1-14-10-8-11(13)7-5-3-2-4-6-9-12/h5,7H,2-4,6,8,10H2,1H3/b7-5+. The van der Waals surface area contributed by atoms with Gasteiger partial charge in [0.2, 0.25) is 0 Å². The van der Waals surface area contributed by atoms with Crippen LogP contribution in [0.5, 0.6) is 0 Å². The number of hydrogen-bond donors (Lipinski definition) is 0. The molecule has 0 heterocycles. The molecule has 0 saturated heterocycles. The number of carbonyl (C=O) groups excluding carboxylic acids is 1. The molecule has 0 aliphatic heterocycles. The van der Waals surface area contributed by atoms with Gasteiger partial charge in [-0.25, -0.2) is 0 Å². The Labute approximate surface area is 90.4 Å². The summed E-state index contributed by atoms with van der Waals surface area (Å²) < 4.78 is 0. The summed E-state index contributed by atoms with van der Waals surface area (Å²) >= 11 is 1.69. The minimum absolute atomic E-state index is 0.208. The van der Waals surface area contributed by atoms with Crippen LogP contribution >= 0.6 is 11.8 Å².